The highest BCUT2D eigenvalue weighted by molar-refractivity contribution is 4.81. The summed E-state index contributed by atoms with van der Waals surface area (Å²) < 4.78 is 5.40. The monoisotopic (exact) mass is 241 g/mol. The zero-order chi connectivity index (χ0) is 12.7. The van der Waals surface area contributed by atoms with E-state index in [2.05, 4.69) is 26.1 Å². The summed E-state index contributed by atoms with van der Waals surface area (Å²) in [5, 5.41) is 3.62. The Morgan fingerprint density at radius 3 is 2.59 bits per heavy atom. The third-order valence-corrected chi connectivity index (χ3v) is 4.17. The predicted molar refractivity (Wildman–Crippen MR) is 74.2 cm³/mol. The lowest BCUT2D eigenvalue weighted by Gasteiger charge is -2.36. The second-order valence-electron chi connectivity index (χ2n) is 6.11. The maximum absolute atomic E-state index is 5.40. The average molecular weight is 241 g/mol. The van der Waals surface area contributed by atoms with Crippen molar-refractivity contribution in [2.45, 2.75) is 46.5 Å². The predicted octanol–water partition coefficient (Wildman–Crippen LogP) is 3.32. The van der Waals surface area contributed by atoms with Gasteiger partial charge in [-0.25, -0.2) is 0 Å². The molecule has 1 fully saturated rings. The van der Waals surface area contributed by atoms with Gasteiger partial charge < -0.3 is 10.1 Å². The summed E-state index contributed by atoms with van der Waals surface area (Å²) in [4.78, 5) is 0. The molecule has 0 heterocycles. The molecular formula is C15H31NO. The molecule has 0 radical (unpaired) electrons. The van der Waals surface area contributed by atoms with E-state index < -0.39 is 0 Å². The molecular weight excluding hydrogens is 210 g/mol. The average Bonchev–Trinajstić information content (AvgIpc) is 2.31. The van der Waals surface area contributed by atoms with E-state index in [1.807, 2.05) is 7.11 Å². The molecule has 3 atom stereocenters. The Kier molecular flexibility index (Phi) is 7.14. The normalized spacial score (nSPS) is 29.8. The fraction of sp³-hybridized carbons (Fsp3) is 1.00. The zero-order valence-electron chi connectivity index (χ0n) is 12.2. The van der Waals surface area contributed by atoms with E-state index in [0.29, 0.717) is 0 Å². The fourth-order valence-electron chi connectivity index (χ4n) is 3.04. The molecule has 1 aliphatic carbocycles. The Bertz CT molecular complexity index is 193. The van der Waals surface area contributed by atoms with E-state index >= 15 is 0 Å². The summed E-state index contributed by atoms with van der Waals surface area (Å²) in [6.45, 7) is 10.1. The number of rotatable bonds is 7. The van der Waals surface area contributed by atoms with Crippen LogP contribution in [0, 0.1) is 23.7 Å². The van der Waals surface area contributed by atoms with Gasteiger partial charge in [0.2, 0.25) is 0 Å². The molecule has 1 N–H and O–H groups in total. The van der Waals surface area contributed by atoms with Gasteiger partial charge in [-0.15, -0.1) is 0 Å². The minimum absolute atomic E-state index is 0.753. The molecule has 1 saturated carbocycles. The van der Waals surface area contributed by atoms with Crippen molar-refractivity contribution in [3.63, 3.8) is 0 Å². The van der Waals surface area contributed by atoms with Gasteiger partial charge in [0.15, 0.2) is 0 Å². The molecule has 0 amide bonds. The minimum atomic E-state index is 0.753. The summed E-state index contributed by atoms with van der Waals surface area (Å²) in [6.07, 6.45) is 5.52. The third-order valence-electron chi connectivity index (χ3n) is 4.17. The van der Waals surface area contributed by atoms with E-state index in [9.17, 15) is 0 Å². The second-order valence-corrected chi connectivity index (χ2v) is 6.11. The van der Waals surface area contributed by atoms with E-state index in [1.54, 1.807) is 0 Å². The SMILES string of the molecule is CCC1CCC(CNCC(C)C)C(COC)C1. The Balaban J connectivity index is 2.34. The van der Waals surface area contributed by atoms with Gasteiger partial charge in [0, 0.05) is 13.7 Å². The number of hydrogen-bond donors (Lipinski definition) is 1. The van der Waals surface area contributed by atoms with Crippen LogP contribution >= 0.6 is 0 Å². The van der Waals surface area contributed by atoms with Crippen molar-refractivity contribution in [2.75, 3.05) is 26.8 Å². The Hall–Kier alpha value is -0.0800. The highest BCUT2D eigenvalue weighted by Gasteiger charge is 2.29. The molecule has 0 aromatic carbocycles. The van der Waals surface area contributed by atoms with Gasteiger partial charge in [0.1, 0.15) is 0 Å². The van der Waals surface area contributed by atoms with Crippen molar-refractivity contribution in [2.24, 2.45) is 23.7 Å². The molecule has 0 spiro atoms. The van der Waals surface area contributed by atoms with Crippen LogP contribution in [0.4, 0.5) is 0 Å². The van der Waals surface area contributed by atoms with E-state index in [0.717, 1.165) is 36.8 Å². The minimum Gasteiger partial charge on any atom is -0.384 e. The molecule has 0 bridgehead atoms. The Morgan fingerprint density at radius 1 is 1.24 bits per heavy atom. The molecule has 2 heteroatoms. The molecule has 3 unspecified atom stereocenters. The van der Waals surface area contributed by atoms with Crippen molar-refractivity contribution in [1.29, 1.82) is 0 Å². The molecule has 102 valence electrons. The van der Waals surface area contributed by atoms with Crippen LogP contribution in [0.15, 0.2) is 0 Å². The van der Waals surface area contributed by atoms with Crippen molar-refractivity contribution < 1.29 is 4.74 Å². The maximum atomic E-state index is 5.40. The van der Waals surface area contributed by atoms with Crippen molar-refractivity contribution in [3.8, 4) is 0 Å². The smallest absolute Gasteiger partial charge is 0.0493 e. The second kappa shape index (κ2) is 8.10. The first-order chi connectivity index (χ1) is 8.17. The van der Waals surface area contributed by atoms with Gasteiger partial charge in [-0.1, -0.05) is 33.6 Å². The van der Waals surface area contributed by atoms with E-state index in [4.69, 9.17) is 4.74 Å². The summed E-state index contributed by atoms with van der Waals surface area (Å²) in [5.74, 6) is 3.30. The summed E-state index contributed by atoms with van der Waals surface area (Å²) >= 11 is 0. The van der Waals surface area contributed by atoms with Crippen LogP contribution in [-0.2, 0) is 4.74 Å². The first-order valence-electron chi connectivity index (χ1n) is 7.37. The number of nitrogens with one attached hydrogen (secondary N) is 1. The first kappa shape index (κ1) is 15.0. The Labute approximate surface area is 108 Å². The van der Waals surface area contributed by atoms with Crippen molar-refractivity contribution in [3.05, 3.63) is 0 Å². The molecule has 0 aromatic heterocycles. The van der Waals surface area contributed by atoms with Gasteiger partial charge in [-0.3, -0.25) is 0 Å². The first-order valence-corrected chi connectivity index (χ1v) is 7.37. The number of methoxy groups -OCH3 is 1. The topological polar surface area (TPSA) is 21.3 Å². The standard InChI is InChI=1S/C15H31NO/c1-5-13-6-7-14(10-16-9-12(2)3)15(8-13)11-17-4/h12-16H,5-11H2,1-4H3. The molecule has 0 aliphatic heterocycles. The van der Waals surface area contributed by atoms with Crippen LogP contribution in [0.2, 0.25) is 0 Å². The lowest BCUT2D eigenvalue weighted by molar-refractivity contribution is 0.0722. The summed E-state index contributed by atoms with van der Waals surface area (Å²) in [6, 6.07) is 0. The zero-order valence-corrected chi connectivity index (χ0v) is 12.2. The highest BCUT2D eigenvalue weighted by Crippen LogP contribution is 2.35. The van der Waals surface area contributed by atoms with Crippen LogP contribution in [0.25, 0.3) is 0 Å². The molecule has 2 nitrogen and oxygen atoms in total. The number of ether oxygens (including phenoxy) is 1. The van der Waals surface area contributed by atoms with Crippen molar-refractivity contribution >= 4 is 0 Å². The van der Waals surface area contributed by atoms with Crippen LogP contribution in [-0.4, -0.2) is 26.8 Å². The van der Waals surface area contributed by atoms with E-state index in [-0.39, 0.29) is 0 Å². The van der Waals surface area contributed by atoms with Crippen LogP contribution in [0.1, 0.15) is 46.5 Å². The largest absolute Gasteiger partial charge is 0.384 e. The van der Waals surface area contributed by atoms with E-state index in [1.165, 1.54) is 32.2 Å². The van der Waals surface area contributed by atoms with Gasteiger partial charge >= 0.3 is 0 Å². The lowest BCUT2D eigenvalue weighted by atomic mass is 9.73. The molecule has 1 aliphatic rings. The van der Waals surface area contributed by atoms with Gasteiger partial charge in [0.05, 0.1) is 0 Å². The fourth-order valence-corrected chi connectivity index (χ4v) is 3.04. The highest BCUT2D eigenvalue weighted by atomic mass is 16.5. The van der Waals surface area contributed by atoms with Gasteiger partial charge in [0.25, 0.3) is 0 Å². The maximum Gasteiger partial charge on any atom is 0.0493 e. The molecule has 0 aromatic rings. The summed E-state index contributed by atoms with van der Waals surface area (Å²) in [7, 11) is 1.84. The van der Waals surface area contributed by atoms with Crippen LogP contribution in [0.5, 0.6) is 0 Å². The van der Waals surface area contributed by atoms with Gasteiger partial charge in [-0.05, 0) is 49.6 Å². The van der Waals surface area contributed by atoms with Crippen molar-refractivity contribution in [1.82, 2.24) is 5.32 Å². The number of hydrogen-bond acceptors (Lipinski definition) is 2. The van der Waals surface area contributed by atoms with Gasteiger partial charge in [-0.2, -0.15) is 0 Å². The molecule has 17 heavy (non-hydrogen) atoms. The van der Waals surface area contributed by atoms with Crippen LogP contribution < -0.4 is 5.32 Å². The lowest BCUT2D eigenvalue weighted by Crippen LogP contribution is -2.36. The summed E-state index contributed by atoms with van der Waals surface area (Å²) in [5.41, 5.74) is 0. The third kappa shape index (κ3) is 5.39. The Morgan fingerprint density at radius 2 is 2.00 bits per heavy atom. The van der Waals surface area contributed by atoms with Crippen LogP contribution in [0.3, 0.4) is 0 Å². The quantitative estimate of drug-likeness (QED) is 0.738. The molecule has 0 saturated heterocycles. The molecule has 1 rings (SSSR count).